The number of benzene rings is 3. The number of halogens is 2. The predicted octanol–water partition coefficient (Wildman–Crippen LogP) is 4.72. The van der Waals surface area contributed by atoms with Gasteiger partial charge in [0.15, 0.2) is 0 Å². The number of nitrogens with two attached hydrogens (primary N) is 1. The molecule has 4 rings (SSSR count). The molecule has 0 saturated heterocycles. The molecule has 0 radical (unpaired) electrons. The largest absolute Gasteiger partial charge is 0.368 e. The lowest BCUT2D eigenvalue weighted by molar-refractivity contribution is -0.120. The number of nitrogens with zero attached hydrogens (tertiary/aromatic N) is 2. The summed E-state index contributed by atoms with van der Waals surface area (Å²) in [6.07, 6.45) is 0. The summed E-state index contributed by atoms with van der Waals surface area (Å²) >= 11 is 6.43. The maximum atomic E-state index is 13.5. The molecule has 0 bridgehead atoms. The van der Waals surface area contributed by atoms with Crippen LogP contribution in [-0.4, -0.2) is 27.6 Å². The van der Waals surface area contributed by atoms with Crippen LogP contribution >= 0.6 is 11.6 Å². The van der Waals surface area contributed by atoms with Crippen LogP contribution < -0.4 is 11.1 Å². The molecular weight excluding hydrogens is 443 g/mol. The zero-order valence-electron chi connectivity index (χ0n) is 18.0. The van der Waals surface area contributed by atoms with E-state index in [-0.39, 0.29) is 11.7 Å². The lowest BCUT2D eigenvalue weighted by atomic mass is 10.0. The third-order valence-electron chi connectivity index (χ3n) is 5.40. The van der Waals surface area contributed by atoms with E-state index >= 15 is 0 Å². The van der Waals surface area contributed by atoms with Crippen molar-refractivity contribution in [2.75, 3.05) is 0 Å². The molecule has 1 atom stereocenters. The maximum Gasteiger partial charge on any atom is 0.252 e. The van der Waals surface area contributed by atoms with Crippen molar-refractivity contribution in [1.82, 2.24) is 15.1 Å². The van der Waals surface area contributed by atoms with Crippen LogP contribution in [0.25, 0.3) is 27.8 Å². The van der Waals surface area contributed by atoms with Crippen LogP contribution in [0.15, 0.2) is 66.7 Å². The number of carbonyl (C=O) groups is 2. The second-order valence-corrected chi connectivity index (χ2v) is 8.45. The van der Waals surface area contributed by atoms with Crippen LogP contribution in [0.3, 0.4) is 0 Å². The Bertz CT molecular complexity index is 1350. The summed E-state index contributed by atoms with van der Waals surface area (Å²) in [5.74, 6) is -1.56. The SMILES string of the molecule is CC(C)[C@H](NC(=O)c1ccc2c(-c3ccccc3Cl)nn(-c3ccc(F)cc3)c2c1)C(N)=O. The van der Waals surface area contributed by atoms with Gasteiger partial charge >= 0.3 is 0 Å². The van der Waals surface area contributed by atoms with Crippen molar-refractivity contribution in [3.8, 4) is 16.9 Å². The molecule has 0 aliphatic rings. The summed E-state index contributed by atoms with van der Waals surface area (Å²) in [5, 5.41) is 8.74. The molecular formula is C25H22ClFN4O2. The molecule has 0 unspecified atom stereocenters. The molecule has 6 nitrogen and oxygen atoms in total. The summed E-state index contributed by atoms with van der Waals surface area (Å²) in [5.41, 5.74) is 8.38. The van der Waals surface area contributed by atoms with Crippen molar-refractivity contribution in [3.63, 3.8) is 0 Å². The maximum absolute atomic E-state index is 13.5. The first-order chi connectivity index (χ1) is 15.8. The van der Waals surface area contributed by atoms with Gasteiger partial charge in [0.25, 0.3) is 5.91 Å². The number of nitrogens with one attached hydrogen (secondary N) is 1. The monoisotopic (exact) mass is 464 g/mol. The van der Waals surface area contributed by atoms with E-state index in [1.807, 2.05) is 18.2 Å². The Morgan fingerprint density at radius 2 is 1.76 bits per heavy atom. The molecule has 0 aliphatic carbocycles. The van der Waals surface area contributed by atoms with Gasteiger partial charge in [-0.05, 0) is 54.4 Å². The molecule has 0 fully saturated rings. The Morgan fingerprint density at radius 1 is 1.06 bits per heavy atom. The van der Waals surface area contributed by atoms with Crippen LogP contribution in [0, 0.1) is 11.7 Å². The molecule has 168 valence electrons. The van der Waals surface area contributed by atoms with Gasteiger partial charge in [0.05, 0.1) is 16.2 Å². The van der Waals surface area contributed by atoms with Crippen molar-refractivity contribution in [2.45, 2.75) is 19.9 Å². The van der Waals surface area contributed by atoms with Crippen LogP contribution in [0.2, 0.25) is 5.02 Å². The van der Waals surface area contributed by atoms with Crippen molar-refractivity contribution >= 4 is 34.3 Å². The Balaban J connectivity index is 1.86. The second kappa shape index (κ2) is 9.03. The van der Waals surface area contributed by atoms with Gasteiger partial charge in [0.2, 0.25) is 5.91 Å². The third-order valence-corrected chi connectivity index (χ3v) is 5.73. The number of fused-ring (bicyclic) bond motifs is 1. The first-order valence-corrected chi connectivity index (χ1v) is 10.8. The van der Waals surface area contributed by atoms with Gasteiger partial charge in [-0.3, -0.25) is 9.59 Å². The average Bonchev–Trinajstić information content (AvgIpc) is 3.16. The van der Waals surface area contributed by atoms with E-state index in [9.17, 15) is 14.0 Å². The van der Waals surface area contributed by atoms with Crippen LogP contribution in [-0.2, 0) is 4.79 Å². The van der Waals surface area contributed by atoms with E-state index in [2.05, 4.69) is 5.32 Å². The fourth-order valence-corrected chi connectivity index (χ4v) is 3.90. The average molecular weight is 465 g/mol. The molecule has 0 aliphatic heterocycles. The zero-order chi connectivity index (χ0) is 23.7. The standard InChI is InChI=1S/C25H22ClFN4O2/c1-14(2)22(24(28)32)29-25(33)15-7-12-19-21(13-15)31(17-10-8-16(27)9-11-17)30-23(19)18-5-3-4-6-20(18)26/h3-14,22H,1-2H3,(H2,28,32)(H,29,33)/t22-/m0/s1. The van der Waals surface area contributed by atoms with E-state index in [1.54, 1.807) is 54.9 Å². The zero-order valence-corrected chi connectivity index (χ0v) is 18.8. The smallest absolute Gasteiger partial charge is 0.252 e. The Kier molecular flexibility index (Phi) is 6.16. The summed E-state index contributed by atoms with van der Waals surface area (Å²) in [6, 6.07) is 17.5. The van der Waals surface area contributed by atoms with Crippen LogP contribution in [0.5, 0.6) is 0 Å². The van der Waals surface area contributed by atoms with Crippen LogP contribution in [0.4, 0.5) is 4.39 Å². The Hall–Kier alpha value is -3.71. The molecule has 0 saturated carbocycles. The number of hydrogen-bond donors (Lipinski definition) is 2. The van der Waals surface area contributed by atoms with E-state index in [1.165, 1.54) is 12.1 Å². The highest BCUT2D eigenvalue weighted by molar-refractivity contribution is 6.33. The fraction of sp³-hybridized carbons (Fsp3) is 0.160. The van der Waals surface area contributed by atoms with E-state index in [0.717, 1.165) is 10.9 Å². The normalized spacial score (nSPS) is 12.2. The van der Waals surface area contributed by atoms with Gasteiger partial charge in [-0.1, -0.05) is 43.6 Å². The summed E-state index contributed by atoms with van der Waals surface area (Å²) in [6.45, 7) is 3.61. The van der Waals surface area contributed by atoms with E-state index in [4.69, 9.17) is 22.4 Å². The van der Waals surface area contributed by atoms with Crippen LogP contribution in [0.1, 0.15) is 24.2 Å². The molecule has 4 aromatic rings. The number of rotatable bonds is 6. The lowest BCUT2D eigenvalue weighted by Crippen LogP contribution is -2.47. The van der Waals surface area contributed by atoms with Crippen molar-refractivity contribution < 1.29 is 14.0 Å². The van der Waals surface area contributed by atoms with Gasteiger partial charge < -0.3 is 11.1 Å². The molecule has 33 heavy (non-hydrogen) atoms. The molecule has 1 aromatic heterocycles. The van der Waals surface area contributed by atoms with Gasteiger partial charge in [-0.2, -0.15) is 5.10 Å². The predicted molar refractivity (Wildman–Crippen MR) is 127 cm³/mol. The number of hydrogen-bond acceptors (Lipinski definition) is 3. The molecule has 8 heteroatoms. The summed E-state index contributed by atoms with van der Waals surface area (Å²) in [4.78, 5) is 24.6. The Morgan fingerprint density at radius 3 is 2.39 bits per heavy atom. The van der Waals surface area contributed by atoms with Crippen molar-refractivity contribution in [2.24, 2.45) is 11.7 Å². The van der Waals surface area contributed by atoms with E-state index < -0.39 is 17.9 Å². The highest BCUT2D eigenvalue weighted by Gasteiger charge is 2.23. The Labute approximate surface area is 195 Å². The molecule has 1 heterocycles. The lowest BCUT2D eigenvalue weighted by Gasteiger charge is -2.19. The molecule has 0 spiro atoms. The summed E-state index contributed by atoms with van der Waals surface area (Å²) in [7, 11) is 0. The number of aromatic nitrogens is 2. The van der Waals surface area contributed by atoms with Crippen molar-refractivity contribution in [3.05, 3.63) is 83.1 Å². The van der Waals surface area contributed by atoms with Gasteiger partial charge in [-0.15, -0.1) is 0 Å². The second-order valence-electron chi connectivity index (χ2n) is 8.05. The fourth-order valence-electron chi connectivity index (χ4n) is 3.68. The highest BCUT2D eigenvalue weighted by atomic mass is 35.5. The molecule has 3 N–H and O–H groups in total. The first kappa shape index (κ1) is 22.5. The number of amides is 2. The highest BCUT2D eigenvalue weighted by Crippen LogP contribution is 2.34. The van der Waals surface area contributed by atoms with Gasteiger partial charge in [-0.25, -0.2) is 9.07 Å². The molecule has 2 amide bonds. The number of primary amides is 1. The summed E-state index contributed by atoms with van der Waals surface area (Å²) < 4.78 is 15.2. The minimum atomic E-state index is -0.797. The topological polar surface area (TPSA) is 90.0 Å². The van der Waals surface area contributed by atoms with E-state index in [0.29, 0.717) is 27.5 Å². The number of carbonyl (C=O) groups excluding carboxylic acids is 2. The van der Waals surface area contributed by atoms with Gasteiger partial charge in [0.1, 0.15) is 17.6 Å². The first-order valence-electron chi connectivity index (χ1n) is 10.4. The third kappa shape index (κ3) is 4.45. The minimum absolute atomic E-state index is 0.160. The van der Waals surface area contributed by atoms with Crippen molar-refractivity contribution in [1.29, 1.82) is 0 Å². The molecule has 3 aromatic carbocycles. The minimum Gasteiger partial charge on any atom is -0.368 e. The van der Waals surface area contributed by atoms with Gasteiger partial charge in [0, 0.05) is 16.5 Å². The quantitative estimate of drug-likeness (QED) is 0.432.